The van der Waals surface area contributed by atoms with E-state index in [4.69, 9.17) is 4.74 Å². The number of amides is 2. The highest BCUT2D eigenvalue weighted by Gasteiger charge is 2.22. The van der Waals surface area contributed by atoms with E-state index in [-0.39, 0.29) is 24.0 Å². The normalized spacial score (nSPS) is 24.9. The number of hydrogen-bond acceptors (Lipinski definition) is 3. The molecule has 1 saturated heterocycles. The maximum Gasteiger partial charge on any atom is 0.251 e. The van der Waals surface area contributed by atoms with Crippen LogP contribution in [0.15, 0.2) is 18.2 Å². The summed E-state index contributed by atoms with van der Waals surface area (Å²) in [4.78, 5) is 23.7. The van der Waals surface area contributed by atoms with Crippen LogP contribution in [0.2, 0.25) is 0 Å². The molecule has 2 amide bonds. The molecule has 0 spiro atoms. The largest absolute Gasteiger partial charge is 0.378 e. The molecular weight excluding hydrogens is 268 g/mol. The van der Waals surface area contributed by atoms with Gasteiger partial charge in [0, 0.05) is 30.3 Å². The van der Waals surface area contributed by atoms with Crippen LogP contribution >= 0.6 is 0 Å². The summed E-state index contributed by atoms with van der Waals surface area (Å²) in [5, 5.41) is 5.90. The van der Waals surface area contributed by atoms with Crippen LogP contribution in [0.1, 0.15) is 42.1 Å². The summed E-state index contributed by atoms with van der Waals surface area (Å²) in [7, 11) is 0. The van der Waals surface area contributed by atoms with Gasteiger partial charge in [0.2, 0.25) is 5.91 Å². The summed E-state index contributed by atoms with van der Waals surface area (Å²) < 4.78 is 5.49. The topological polar surface area (TPSA) is 67.4 Å². The first kappa shape index (κ1) is 14.1. The van der Waals surface area contributed by atoms with Crippen LogP contribution in [0.25, 0.3) is 0 Å². The Morgan fingerprint density at radius 3 is 3.05 bits per heavy atom. The predicted octanol–water partition coefficient (Wildman–Crippen LogP) is 1.87. The lowest BCUT2D eigenvalue weighted by Gasteiger charge is -2.28. The van der Waals surface area contributed by atoms with E-state index in [9.17, 15) is 9.59 Å². The quantitative estimate of drug-likeness (QED) is 0.873. The van der Waals surface area contributed by atoms with E-state index in [1.54, 1.807) is 6.07 Å². The molecule has 2 heterocycles. The SMILES string of the molecule is CC1CC(NC(=O)c2ccc3c(c2)CCC(=O)N3)CCO1. The van der Waals surface area contributed by atoms with Crippen LogP contribution < -0.4 is 10.6 Å². The first-order chi connectivity index (χ1) is 10.1. The molecule has 1 fully saturated rings. The highest BCUT2D eigenvalue weighted by molar-refractivity contribution is 5.98. The van der Waals surface area contributed by atoms with Crippen molar-refractivity contribution in [1.82, 2.24) is 5.32 Å². The molecule has 2 aliphatic rings. The van der Waals surface area contributed by atoms with Crippen molar-refractivity contribution in [3.05, 3.63) is 29.3 Å². The third kappa shape index (κ3) is 3.24. The summed E-state index contributed by atoms with van der Waals surface area (Å²) in [5.74, 6) is -0.00954. The lowest BCUT2D eigenvalue weighted by Crippen LogP contribution is -2.41. The molecule has 112 valence electrons. The number of fused-ring (bicyclic) bond motifs is 1. The Morgan fingerprint density at radius 2 is 2.24 bits per heavy atom. The van der Waals surface area contributed by atoms with Gasteiger partial charge in [-0.05, 0) is 49.9 Å². The van der Waals surface area contributed by atoms with E-state index < -0.39 is 0 Å². The van der Waals surface area contributed by atoms with Crippen molar-refractivity contribution in [2.45, 2.75) is 44.8 Å². The Morgan fingerprint density at radius 1 is 1.38 bits per heavy atom. The highest BCUT2D eigenvalue weighted by Crippen LogP contribution is 2.24. The predicted molar refractivity (Wildman–Crippen MR) is 79.3 cm³/mol. The lowest BCUT2D eigenvalue weighted by atomic mass is 9.99. The second-order valence-electron chi connectivity index (χ2n) is 5.80. The van der Waals surface area contributed by atoms with Crippen LogP contribution in [0.3, 0.4) is 0 Å². The Bertz CT molecular complexity index is 571. The van der Waals surface area contributed by atoms with Crippen LogP contribution in [0.5, 0.6) is 0 Å². The van der Waals surface area contributed by atoms with Crippen molar-refractivity contribution in [1.29, 1.82) is 0 Å². The molecule has 0 saturated carbocycles. The number of benzene rings is 1. The Labute approximate surface area is 124 Å². The lowest BCUT2D eigenvalue weighted by molar-refractivity contribution is -0.116. The first-order valence-electron chi connectivity index (χ1n) is 7.47. The summed E-state index contributed by atoms with van der Waals surface area (Å²) in [6, 6.07) is 5.64. The van der Waals surface area contributed by atoms with Crippen LogP contribution in [-0.2, 0) is 16.0 Å². The van der Waals surface area contributed by atoms with Gasteiger partial charge in [0.1, 0.15) is 0 Å². The van der Waals surface area contributed by atoms with E-state index >= 15 is 0 Å². The van der Waals surface area contributed by atoms with Gasteiger partial charge in [0.05, 0.1) is 6.10 Å². The monoisotopic (exact) mass is 288 g/mol. The van der Waals surface area contributed by atoms with Crippen molar-refractivity contribution >= 4 is 17.5 Å². The fourth-order valence-corrected chi connectivity index (χ4v) is 2.92. The van der Waals surface area contributed by atoms with Crippen molar-refractivity contribution < 1.29 is 14.3 Å². The number of carbonyl (C=O) groups excluding carboxylic acids is 2. The van der Waals surface area contributed by atoms with Gasteiger partial charge in [-0.1, -0.05) is 0 Å². The van der Waals surface area contributed by atoms with Crippen molar-refractivity contribution in [3.63, 3.8) is 0 Å². The molecule has 0 aromatic heterocycles. The zero-order chi connectivity index (χ0) is 14.8. The summed E-state index contributed by atoms with van der Waals surface area (Å²) in [6.07, 6.45) is 3.08. The third-order valence-corrected chi connectivity index (χ3v) is 4.08. The fourth-order valence-electron chi connectivity index (χ4n) is 2.92. The molecule has 5 nitrogen and oxygen atoms in total. The van der Waals surface area contributed by atoms with Gasteiger partial charge in [-0.2, -0.15) is 0 Å². The minimum atomic E-state index is -0.0474. The molecule has 21 heavy (non-hydrogen) atoms. The number of hydrogen-bond donors (Lipinski definition) is 2. The molecule has 0 aliphatic carbocycles. The molecule has 0 bridgehead atoms. The standard InChI is InChI=1S/C16H20N2O3/c1-10-8-13(6-7-21-10)17-16(20)12-2-4-14-11(9-12)3-5-15(19)18-14/h2,4,9-10,13H,3,5-8H2,1H3,(H,17,20)(H,18,19). The van der Waals surface area contributed by atoms with Gasteiger partial charge in [-0.3, -0.25) is 9.59 Å². The molecule has 0 radical (unpaired) electrons. The zero-order valence-corrected chi connectivity index (χ0v) is 12.1. The number of anilines is 1. The van der Waals surface area contributed by atoms with E-state index in [1.807, 2.05) is 19.1 Å². The highest BCUT2D eigenvalue weighted by atomic mass is 16.5. The molecule has 2 N–H and O–H groups in total. The van der Waals surface area contributed by atoms with Gasteiger partial charge in [-0.25, -0.2) is 0 Å². The molecule has 5 heteroatoms. The van der Waals surface area contributed by atoms with Gasteiger partial charge in [0.25, 0.3) is 5.91 Å². The van der Waals surface area contributed by atoms with Crippen molar-refractivity contribution in [3.8, 4) is 0 Å². The third-order valence-electron chi connectivity index (χ3n) is 4.08. The smallest absolute Gasteiger partial charge is 0.251 e. The van der Waals surface area contributed by atoms with E-state index in [2.05, 4.69) is 10.6 Å². The molecule has 2 unspecified atom stereocenters. The number of aryl methyl sites for hydroxylation is 1. The fraction of sp³-hybridized carbons (Fsp3) is 0.500. The minimum Gasteiger partial charge on any atom is -0.378 e. The Balaban J connectivity index is 1.69. The molecule has 1 aromatic rings. The molecule has 3 rings (SSSR count). The van der Waals surface area contributed by atoms with Crippen molar-refractivity contribution in [2.75, 3.05) is 11.9 Å². The second kappa shape index (κ2) is 5.85. The zero-order valence-electron chi connectivity index (χ0n) is 12.1. The van der Waals surface area contributed by atoms with Gasteiger partial charge >= 0.3 is 0 Å². The van der Waals surface area contributed by atoms with Crippen LogP contribution in [0, 0.1) is 0 Å². The average molecular weight is 288 g/mol. The van der Waals surface area contributed by atoms with Gasteiger partial charge in [0.15, 0.2) is 0 Å². The van der Waals surface area contributed by atoms with E-state index in [1.165, 1.54) is 0 Å². The maximum absolute atomic E-state index is 12.3. The maximum atomic E-state index is 12.3. The van der Waals surface area contributed by atoms with Crippen molar-refractivity contribution in [2.24, 2.45) is 0 Å². The minimum absolute atomic E-state index is 0.0379. The van der Waals surface area contributed by atoms with Gasteiger partial charge < -0.3 is 15.4 Å². The molecule has 2 atom stereocenters. The summed E-state index contributed by atoms with van der Waals surface area (Å²) in [5.41, 5.74) is 2.51. The van der Waals surface area contributed by atoms with E-state index in [0.29, 0.717) is 25.0 Å². The summed E-state index contributed by atoms with van der Waals surface area (Å²) >= 11 is 0. The van der Waals surface area contributed by atoms with E-state index in [0.717, 1.165) is 24.1 Å². The van der Waals surface area contributed by atoms with Crippen LogP contribution in [-0.4, -0.2) is 30.6 Å². The van der Waals surface area contributed by atoms with Crippen LogP contribution in [0.4, 0.5) is 5.69 Å². The second-order valence-corrected chi connectivity index (χ2v) is 5.80. The van der Waals surface area contributed by atoms with Gasteiger partial charge in [-0.15, -0.1) is 0 Å². The Kier molecular flexibility index (Phi) is 3.92. The Hall–Kier alpha value is -1.88. The first-order valence-corrected chi connectivity index (χ1v) is 7.47. The summed E-state index contributed by atoms with van der Waals surface area (Å²) in [6.45, 7) is 2.72. The average Bonchev–Trinajstić information content (AvgIpc) is 2.46. The molecular formula is C16H20N2O3. The molecule has 1 aromatic carbocycles. The molecule has 2 aliphatic heterocycles. The number of nitrogens with one attached hydrogen (secondary N) is 2. The number of carbonyl (C=O) groups is 2. The number of ether oxygens (including phenoxy) is 1. The number of rotatable bonds is 2.